The summed E-state index contributed by atoms with van der Waals surface area (Å²) < 4.78 is 26.7. The van der Waals surface area contributed by atoms with Crippen LogP contribution in [0.25, 0.3) is 0 Å². The third-order valence-corrected chi connectivity index (χ3v) is 6.40. The molecule has 0 bridgehead atoms. The summed E-state index contributed by atoms with van der Waals surface area (Å²) >= 11 is 0. The molecule has 2 aliphatic rings. The van der Waals surface area contributed by atoms with Gasteiger partial charge in [0.25, 0.3) is 0 Å². The van der Waals surface area contributed by atoms with Crippen LogP contribution >= 0.6 is 0 Å². The van der Waals surface area contributed by atoms with Crippen LogP contribution in [0.5, 0.6) is 11.5 Å². The van der Waals surface area contributed by atoms with E-state index in [4.69, 9.17) is 23.7 Å². The quantitative estimate of drug-likeness (QED) is 0.123. The maximum Gasteiger partial charge on any atom is 0.337 e. The number of aliphatic hydroxyl groups is 4. The zero-order chi connectivity index (χ0) is 28.0. The van der Waals surface area contributed by atoms with E-state index in [2.05, 4.69) is 6.58 Å². The van der Waals surface area contributed by atoms with Gasteiger partial charge in [0.2, 0.25) is 6.29 Å². The van der Waals surface area contributed by atoms with Crippen LogP contribution in [-0.4, -0.2) is 99.9 Å². The molecule has 0 spiro atoms. The molecule has 8 unspecified atom stereocenters. The Kier molecular flexibility index (Phi) is 10.1. The number of carbonyl (C=O) groups is 2. The van der Waals surface area contributed by atoms with Gasteiger partial charge in [0.05, 0.1) is 38.6 Å². The van der Waals surface area contributed by atoms with Crippen molar-refractivity contribution in [1.29, 1.82) is 0 Å². The third kappa shape index (κ3) is 6.62. The smallest absolute Gasteiger partial charge is 0.337 e. The average Bonchev–Trinajstić information content (AvgIpc) is 2.90. The van der Waals surface area contributed by atoms with E-state index in [0.29, 0.717) is 5.56 Å². The fourth-order valence-electron chi connectivity index (χ4n) is 4.23. The lowest BCUT2D eigenvalue weighted by Crippen LogP contribution is -2.60. The Morgan fingerprint density at radius 1 is 1.08 bits per heavy atom. The molecule has 8 atom stereocenters. The number of benzene rings is 1. The standard InChI is InChI=1S/C25H32O13/c1-3-13-14(9-19(29)35-7-6-12-4-5-16(27)17(28)8-12)15(23(33)34-2)11-36-24(13)38-25-22(32)21(31)20(30)18(10-26)37-25/h3-5,8,11,13-14,18,20-22,24-28,30-32H,1,6-7,9-10H2,2H3. The Labute approximate surface area is 218 Å². The summed E-state index contributed by atoms with van der Waals surface area (Å²) in [5.41, 5.74) is 0.623. The van der Waals surface area contributed by atoms with Gasteiger partial charge in [-0.15, -0.1) is 6.58 Å². The molecule has 0 radical (unpaired) electrons. The van der Waals surface area contributed by atoms with Crippen LogP contribution in [0.15, 0.2) is 42.7 Å². The summed E-state index contributed by atoms with van der Waals surface area (Å²) in [6.07, 6.45) is -6.59. The van der Waals surface area contributed by atoms with Gasteiger partial charge in [0, 0.05) is 18.3 Å². The zero-order valence-corrected chi connectivity index (χ0v) is 20.6. The summed E-state index contributed by atoms with van der Waals surface area (Å²) in [4.78, 5) is 25.1. The molecule has 2 aliphatic heterocycles. The van der Waals surface area contributed by atoms with Crippen molar-refractivity contribution in [2.24, 2.45) is 11.8 Å². The number of esters is 2. The highest BCUT2D eigenvalue weighted by Gasteiger charge is 2.47. The highest BCUT2D eigenvalue weighted by atomic mass is 16.8. The minimum Gasteiger partial charge on any atom is -0.504 e. The van der Waals surface area contributed by atoms with Crippen LogP contribution in [0, 0.1) is 11.8 Å². The van der Waals surface area contributed by atoms with Crippen LogP contribution < -0.4 is 0 Å². The molecule has 38 heavy (non-hydrogen) atoms. The SMILES string of the molecule is C=CC1C(OC2OC(CO)C(O)C(O)C2O)OC=C(C(=O)OC)C1CC(=O)OCCc1ccc(O)c(O)c1. The molecule has 0 saturated carbocycles. The zero-order valence-electron chi connectivity index (χ0n) is 20.6. The van der Waals surface area contributed by atoms with E-state index < -0.39 is 67.4 Å². The van der Waals surface area contributed by atoms with E-state index in [1.807, 2.05) is 0 Å². The van der Waals surface area contributed by atoms with Gasteiger partial charge in [0.1, 0.15) is 24.4 Å². The van der Waals surface area contributed by atoms with Crippen molar-refractivity contribution in [2.75, 3.05) is 20.3 Å². The second-order valence-electron chi connectivity index (χ2n) is 8.82. The molecule has 1 aromatic carbocycles. The number of ether oxygens (including phenoxy) is 5. The van der Waals surface area contributed by atoms with Crippen LogP contribution in [0.1, 0.15) is 12.0 Å². The lowest BCUT2D eigenvalue weighted by atomic mass is 9.81. The number of phenolic OH excluding ortho intramolecular Hbond substituents is 2. The van der Waals surface area contributed by atoms with Gasteiger partial charge in [-0.05, 0) is 17.7 Å². The molecule has 1 saturated heterocycles. The van der Waals surface area contributed by atoms with Crippen molar-refractivity contribution in [3.8, 4) is 11.5 Å². The summed E-state index contributed by atoms with van der Waals surface area (Å²) in [5.74, 6) is -3.75. The molecule has 0 aromatic heterocycles. The lowest BCUT2D eigenvalue weighted by Gasteiger charge is -2.42. The Morgan fingerprint density at radius 3 is 2.45 bits per heavy atom. The Hall–Kier alpha value is -3.20. The summed E-state index contributed by atoms with van der Waals surface area (Å²) in [7, 11) is 1.16. The highest BCUT2D eigenvalue weighted by Crippen LogP contribution is 2.37. The number of methoxy groups -OCH3 is 1. The van der Waals surface area contributed by atoms with E-state index >= 15 is 0 Å². The van der Waals surface area contributed by atoms with Gasteiger partial charge in [0.15, 0.2) is 17.8 Å². The van der Waals surface area contributed by atoms with Crippen molar-refractivity contribution < 1.29 is 63.9 Å². The Bertz CT molecular complexity index is 1020. The number of aliphatic hydroxyl groups excluding tert-OH is 4. The number of rotatable bonds is 10. The number of carbonyl (C=O) groups excluding carboxylic acids is 2. The maximum atomic E-state index is 12.7. The summed E-state index contributed by atoms with van der Waals surface area (Å²) in [5, 5.41) is 58.7. The topological polar surface area (TPSA) is 202 Å². The first kappa shape index (κ1) is 29.4. The van der Waals surface area contributed by atoms with Gasteiger partial charge in [-0.25, -0.2) is 4.79 Å². The van der Waals surface area contributed by atoms with Crippen LogP contribution in [0.2, 0.25) is 0 Å². The highest BCUT2D eigenvalue weighted by molar-refractivity contribution is 5.90. The van der Waals surface area contributed by atoms with Gasteiger partial charge in [-0.1, -0.05) is 12.1 Å². The maximum absolute atomic E-state index is 12.7. The second kappa shape index (κ2) is 13.0. The second-order valence-corrected chi connectivity index (χ2v) is 8.82. The molecule has 0 amide bonds. The van der Waals surface area contributed by atoms with Crippen molar-refractivity contribution in [3.05, 3.63) is 48.3 Å². The first-order chi connectivity index (χ1) is 18.1. The van der Waals surface area contributed by atoms with Crippen LogP contribution in [-0.2, 0) is 39.7 Å². The molecule has 13 heteroatoms. The molecule has 0 aliphatic carbocycles. The van der Waals surface area contributed by atoms with Crippen molar-refractivity contribution in [2.45, 2.75) is 49.8 Å². The van der Waals surface area contributed by atoms with E-state index in [0.717, 1.165) is 13.4 Å². The summed E-state index contributed by atoms with van der Waals surface area (Å²) in [6.45, 7) is 3.02. The third-order valence-electron chi connectivity index (χ3n) is 6.40. The Morgan fingerprint density at radius 2 is 1.82 bits per heavy atom. The van der Waals surface area contributed by atoms with E-state index in [-0.39, 0.29) is 36.5 Å². The molecule has 3 rings (SSSR count). The van der Waals surface area contributed by atoms with E-state index in [1.165, 1.54) is 18.2 Å². The monoisotopic (exact) mass is 540 g/mol. The van der Waals surface area contributed by atoms with Crippen molar-refractivity contribution in [3.63, 3.8) is 0 Å². The first-order valence-corrected chi connectivity index (χ1v) is 11.8. The fourth-order valence-corrected chi connectivity index (χ4v) is 4.23. The molecule has 13 nitrogen and oxygen atoms in total. The fraction of sp³-hybridized carbons (Fsp3) is 0.520. The van der Waals surface area contributed by atoms with E-state index in [9.17, 15) is 40.2 Å². The van der Waals surface area contributed by atoms with Crippen molar-refractivity contribution >= 4 is 11.9 Å². The number of hydrogen-bond acceptors (Lipinski definition) is 13. The molecule has 1 fully saturated rings. The summed E-state index contributed by atoms with van der Waals surface area (Å²) in [6, 6.07) is 4.22. The molecular weight excluding hydrogens is 508 g/mol. The average molecular weight is 541 g/mol. The Balaban J connectivity index is 1.70. The predicted molar refractivity (Wildman–Crippen MR) is 126 cm³/mol. The van der Waals surface area contributed by atoms with Gasteiger partial charge >= 0.3 is 11.9 Å². The van der Waals surface area contributed by atoms with E-state index in [1.54, 1.807) is 6.07 Å². The first-order valence-electron chi connectivity index (χ1n) is 11.8. The van der Waals surface area contributed by atoms with Crippen molar-refractivity contribution in [1.82, 2.24) is 0 Å². The van der Waals surface area contributed by atoms with Crippen LogP contribution in [0.3, 0.4) is 0 Å². The predicted octanol–water partition coefficient (Wildman–Crippen LogP) is -0.778. The van der Waals surface area contributed by atoms with Crippen LogP contribution in [0.4, 0.5) is 0 Å². The molecule has 1 aromatic rings. The number of hydrogen-bond donors (Lipinski definition) is 6. The van der Waals surface area contributed by atoms with Gasteiger partial charge < -0.3 is 54.3 Å². The normalized spacial score (nSPS) is 31.0. The lowest BCUT2D eigenvalue weighted by molar-refractivity contribution is -0.339. The molecule has 6 N–H and O–H groups in total. The minimum atomic E-state index is -1.70. The largest absolute Gasteiger partial charge is 0.504 e. The van der Waals surface area contributed by atoms with Gasteiger partial charge in [-0.3, -0.25) is 4.79 Å². The minimum absolute atomic E-state index is 0.00598. The molecule has 2 heterocycles. The molecular formula is C25H32O13. The van der Waals surface area contributed by atoms with Gasteiger partial charge in [-0.2, -0.15) is 0 Å². The number of phenols is 2. The number of aromatic hydroxyl groups is 2. The molecule has 210 valence electrons.